The summed E-state index contributed by atoms with van der Waals surface area (Å²) < 4.78 is 5.68. The topological polar surface area (TPSA) is 35.2 Å². The van der Waals surface area contributed by atoms with Crippen LogP contribution in [0.1, 0.15) is 37.4 Å². The predicted octanol–water partition coefficient (Wildman–Crippen LogP) is 3.00. The Morgan fingerprint density at radius 2 is 1.94 bits per heavy atom. The molecule has 0 aliphatic rings. The number of thiophene rings is 1. The third-order valence-corrected chi connectivity index (χ3v) is 3.51. The molecule has 1 aromatic rings. The van der Waals surface area contributed by atoms with Crippen LogP contribution in [0.25, 0.3) is 0 Å². The maximum Gasteiger partial charge on any atom is 0.0628 e. The molecular formula is C13H23NOS. The van der Waals surface area contributed by atoms with E-state index in [1.54, 1.807) is 0 Å². The van der Waals surface area contributed by atoms with E-state index >= 15 is 0 Å². The maximum absolute atomic E-state index is 6.05. The zero-order chi connectivity index (χ0) is 12.2. The normalized spacial score (nSPS) is 14.1. The summed E-state index contributed by atoms with van der Waals surface area (Å²) in [4.78, 5) is 2.79. The van der Waals surface area contributed by atoms with Crippen molar-refractivity contribution in [2.45, 2.75) is 52.2 Å². The van der Waals surface area contributed by atoms with Gasteiger partial charge >= 0.3 is 0 Å². The van der Waals surface area contributed by atoms with Gasteiger partial charge in [-0.15, -0.1) is 11.3 Å². The van der Waals surface area contributed by atoms with E-state index in [4.69, 9.17) is 10.5 Å². The third-order valence-electron chi connectivity index (χ3n) is 2.26. The lowest BCUT2D eigenvalue weighted by Crippen LogP contribution is -2.33. The smallest absolute Gasteiger partial charge is 0.0628 e. The van der Waals surface area contributed by atoms with E-state index in [-0.39, 0.29) is 11.6 Å². The summed E-state index contributed by atoms with van der Waals surface area (Å²) in [5.41, 5.74) is 5.95. The average molecular weight is 241 g/mol. The summed E-state index contributed by atoms with van der Waals surface area (Å²) in [6, 6.07) is 4.47. The van der Waals surface area contributed by atoms with E-state index in [0.29, 0.717) is 6.61 Å². The second-order valence-corrected chi connectivity index (χ2v) is 6.36. The molecule has 1 atom stereocenters. The Morgan fingerprint density at radius 3 is 2.44 bits per heavy atom. The van der Waals surface area contributed by atoms with Crippen LogP contribution in [-0.2, 0) is 17.6 Å². The fourth-order valence-electron chi connectivity index (χ4n) is 1.40. The van der Waals surface area contributed by atoms with Gasteiger partial charge < -0.3 is 10.5 Å². The molecule has 2 nitrogen and oxygen atoms in total. The van der Waals surface area contributed by atoms with Crippen LogP contribution in [0.5, 0.6) is 0 Å². The molecule has 0 spiro atoms. The largest absolute Gasteiger partial charge is 0.374 e. The van der Waals surface area contributed by atoms with Crippen molar-refractivity contribution in [2.75, 3.05) is 6.61 Å². The van der Waals surface area contributed by atoms with Crippen molar-refractivity contribution in [1.29, 1.82) is 0 Å². The molecule has 92 valence electrons. The van der Waals surface area contributed by atoms with Gasteiger partial charge in [0.1, 0.15) is 0 Å². The fourth-order valence-corrected chi connectivity index (χ4v) is 2.45. The van der Waals surface area contributed by atoms with Crippen molar-refractivity contribution >= 4 is 11.3 Å². The van der Waals surface area contributed by atoms with E-state index < -0.39 is 0 Å². The zero-order valence-corrected chi connectivity index (χ0v) is 11.6. The highest BCUT2D eigenvalue weighted by molar-refractivity contribution is 7.11. The van der Waals surface area contributed by atoms with Gasteiger partial charge in [-0.1, -0.05) is 6.92 Å². The van der Waals surface area contributed by atoms with Crippen LogP contribution in [0.4, 0.5) is 0 Å². The zero-order valence-electron chi connectivity index (χ0n) is 10.7. The number of aryl methyl sites for hydroxylation is 1. The number of rotatable bonds is 5. The van der Waals surface area contributed by atoms with Crippen molar-refractivity contribution in [3.63, 3.8) is 0 Å². The first-order valence-corrected chi connectivity index (χ1v) is 6.69. The highest BCUT2D eigenvalue weighted by Gasteiger charge is 2.13. The highest BCUT2D eigenvalue weighted by atomic mass is 32.1. The second-order valence-electron chi connectivity index (χ2n) is 5.11. The number of nitrogens with two attached hydrogens (primary N) is 1. The van der Waals surface area contributed by atoms with Crippen LogP contribution >= 0.6 is 11.3 Å². The number of hydrogen-bond acceptors (Lipinski definition) is 3. The minimum atomic E-state index is -0.0956. The molecule has 3 heteroatoms. The van der Waals surface area contributed by atoms with Gasteiger partial charge in [0, 0.05) is 15.8 Å². The Labute approximate surface area is 103 Å². The standard InChI is InChI=1S/C13H23NOS/c1-5-11-6-7-12(16-11)8-10(14)9-15-13(2,3)4/h6-7,10H,5,8-9,14H2,1-4H3. The minimum absolute atomic E-state index is 0.0956. The molecule has 1 heterocycles. The second kappa shape index (κ2) is 5.80. The summed E-state index contributed by atoms with van der Waals surface area (Å²) in [6.07, 6.45) is 2.03. The van der Waals surface area contributed by atoms with Gasteiger partial charge in [-0.25, -0.2) is 0 Å². The first-order chi connectivity index (χ1) is 7.40. The van der Waals surface area contributed by atoms with Gasteiger partial charge in [-0.2, -0.15) is 0 Å². The van der Waals surface area contributed by atoms with Crippen molar-refractivity contribution in [3.8, 4) is 0 Å². The number of hydrogen-bond donors (Lipinski definition) is 1. The van der Waals surface area contributed by atoms with Gasteiger partial charge in [0.05, 0.1) is 12.2 Å². The van der Waals surface area contributed by atoms with Crippen LogP contribution in [-0.4, -0.2) is 18.2 Å². The molecule has 1 aromatic heterocycles. The molecule has 0 saturated carbocycles. The molecule has 1 unspecified atom stereocenters. The number of ether oxygens (including phenoxy) is 1. The van der Waals surface area contributed by atoms with Crippen LogP contribution < -0.4 is 5.73 Å². The van der Waals surface area contributed by atoms with Crippen LogP contribution in [0, 0.1) is 0 Å². The molecule has 1 rings (SSSR count). The Bertz CT molecular complexity index is 314. The highest BCUT2D eigenvalue weighted by Crippen LogP contribution is 2.18. The molecule has 0 saturated heterocycles. The Morgan fingerprint density at radius 1 is 1.31 bits per heavy atom. The van der Waals surface area contributed by atoms with Crippen LogP contribution in [0.2, 0.25) is 0 Å². The average Bonchev–Trinajstić information content (AvgIpc) is 2.61. The summed E-state index contributed by atoms with van der Waals surface area (Å²) in [7, 11) is 0. The van der Waals surface area contributed by atoms with E-state index in [1.807, 2.05) is 11.3 Å². The van der Waals surface area contributed by atoms with Gasteiger partial charge in [0.25, 0.3) is 0 Å². The SMILES string of the molecule is CCc1ccc(CC(N)COC(C)(C)C)s1. The molecule has 0 aromatic carbocycles. The summed E-state index contributed by atoms with van der Waals surface area (Å²) in [5, 5.41) is 0. The van der Waals surface area contributed by atoms with Crippen LogP contribution in [0.15, 0.2) is 12.1 Å². The molecule has 0 amide bonds. The van der Waals surface area contributed by atoms with E-state index in [0.717, 1.165) is 12.8 Å². The van der Waals surface area contributed by atoms with Gasteiger partial charge in [0.15, 0.2) is 0 Å². The van der Waals surface area contributed by atoms with Crippen molar-refractivity contribution < 1.29 is 4.74 Å². The predicted molar refractivity (Wildman–Crippen MR) is 71.1 cm³/mol. The lowest BCUT2D eigenvalue weighted by molar-refractivity contribution is -0.00975. The third kappa shape index (κ3) is 5.10. The quantitative estimate of drug-likeness (QED) is 0.860. The lowest BCUT2D eigenvalue weighted by atomic mass is 10.1. The Kier molecular flexibility index (Phi) is 4.96. The van der Waals surface area contributed by atoms with Crippen molar-refractivity contribution in [2.24, 2.45) is 5.73 Å². The Balaban J connectivity index is 2.36. The Hall–Kier alpha value is -0.380. The molecule has 0 bridgehead atoms. The van der Waals surface area contributed by atoms with E-state index in [2.05, 4.69) is 39.8 Å². The van der Waals surface area contributed by atoms with Gasteiger partial charge in [-0.3, -0.25) is 0 Å². The first-order valence-electron chi connectivity index (χ1n) is 5.88. The summed E-state index contributed by atoms with van der Waals surface area (Å²) in [6.45, 7) is 8.97. The molecule has 16 heavy (non-hydrogen) atoms. The molecule has 0 fully saturated rings. The molecular weight excluding hydrogens is 218 g/mol. The molecule has 2 N–H and O–H groups in total. The van der Waals surface area contributed by atoms with Gasteiger partial charge in [0.2, 0.25) is 0 Å². The van der Waals surface area contributed by atoms with Crippen LogP contribution in [0.3, 0.4) is 0 Å². The summed E-state index contributed by atoms with van der Waals surface area (Å²) in [5.74, 6) is 0. The van der Waals surface area contributed by atoms with E-state index in [1.165, 1.54) is 9.75 Å². The maximum atomic E-state index is 6.05. The monoisotopic (exact) mass is 241 g/mol. The van der Waals surface area contributed by atoms with E-state index in [9.17, 15) is 0 Å². The molecule has 0 aliphatic heterocycles. The van der Waals surface area contributed by atoms with Crippen molar-refractivity contribution in [3.05, 3.63) is 21.9 Å². The summed E-state index contributed by atoms with van der Waals surface area (Å²) >= 11 is 1.86. The minimum Gasteiger partial charge on any atom is -0.374 e. The van der Waals surface area contributed by atoms with Gasteiger partial charge in [-0.05, 0) is 45.7 Å². The van der Waals surface area contributed by atoms with Crippen molar-refractivity contribution in [1.82, 2.24) is 0 Å². The first kappa shape index (κ1) is 13.7. The molecule has 0 aliphatic carbocycles. The lowest BCUT2D eigenvalue weighted by Gasteiger charge is -2.22. The molecule has 0 radical (unpaired) electrons. The fraction of sp³-hybridized carbons (Fsp3) is 0.692.